The first kappa shape index (κ1) is 15.7. The monoisotopic (exact) mass is 419 g/mol. The van der Waals surface area contributed by atoms with Gasteiger partial charge >= 0.3 is 5.97 Å². The van der Waals surface area contributed by atoms with Gasteiger partial charge in [-0.1, -0.05) is 24.3 Å². The minimum Gasteiger partial charge on any atom is -0.465 e. The van der Waals surface area contributed by atoms with E-state index in [1.807, 2.05) is 49.5 Å². The van der Waals surface area contributed by atoms with Crippen LogP contribution in [0.2, 0.25) is 0 Å². The van der Waals surface area contributed by atoms with E-state index in [1.165, 1.54) is 7.11 Å². The van der Waals surface area contributed by atoms with Gasteiger partial charge in [0.1, 0.15) is 18.1 Å². The summed E-state index contributed by atoms with van der Waals surface area (Å²) in [6.07, 6.45) is 0. The summed E-state index contributed by atoms with van der Waals surface area (Å²) in [6.45, 7) is 0. The number of carbonyl (C=O) groups excluding carboxylic acids is 1. The number of esters is 1. The molecule has 2 aromatic carbocycles. The van der Waals surface area contributed by atoms with Crippen LogP contribution in [0.1, 0.15) is 10.4 Å². The number of nitrogens with zero attached hydrogens (tertiary/aromatic N) is 1. The highest BCUT2D eigenvalue weighted by molar-refractivity contribution is 14.0. The topological polar surface area (TPSA) is 46.0 Å². The van der Waals surface area contributed by atoms with Crippen molar-refractivity contribution in [2.45, 2.75) is 0 Å². The summed E-state index contributed by atoms with van der Waals surface area (Å²) in [5.74, 6) is -0.326. The molecule has 0 aliphatic rings. The van der Waals surface area contributed by atoms with Crippen LogP contribution in [0.3, 0.4) is 0 Å². The molecule has 0 fully saturated rings. The van der Waals surface area contributed by atoms with E-state index in [-0.39, 0.29) is 29.9 Å². The van der Waals surface area contributed by atoms with Crippen LogP contribution >= 0.6 is 24.0 Å². The lowest BCUT2D eigenvalue weighted by Gasteiger charge is -2.05. The van der Waals surface area contributed by atoms with Crippen molar-refractivity contribution in [2.75, 3.05) is 7.11 Å². The normalized spacial score (nSPS) is 10.9. The van der Waals surface area contributed by atoms with Gasteiger partial charge in [-0.05, 0) is 18.2 Å². The highest BCUT2D eigenvalue weighted by Gasteiger charge is 2.26. The molecule has 0 saturated heterocycles. The summed E-state index contributed by atoms with van der Waals surface area (Å²) >= 11 is 0. The number of aromatic amines is 1. The molecule has 0 aliphatic heterocycles. The molecule has 23 heavy (non-hydrogen) atoms. The highest BCUT2D eigenvalue weighted by Crippen LogP contribution is 2.29. The van der Waals surface area contributed by atoms with E-state index in [0.29, 0.717) is 5.56 Å². The van der Waals surface area contributed by atoms with Crippen LogP contribution in [0.4, 0.5) is 0 Å². The van der Waals surface area contributed by atoms with Gasteiger partial charge in [-0.15, -0.1) is 24.0 Å². The van der Waals surface area contributed by atoms with E-state index in [2.05, 4.69) is 15.6 Å². The Morgan fingerprint density at radius 2 is 1.70 bits per heavy atom. The number of H-pyrrole nitrogens is 1. The number of carbonyl (C=O) groups is 1. The van der Waals surface area contributed by atoms with Crippen molar-refractivity contribution in [3.8, 4) is 0 Å². The molecule has 4 rings (SSSR count). The van der Waals surface area contributed by atoms with E-state index in [1.54, 1.807) is 0 Å². The Bertz CT molecular complexity index is 1050. The molecule has 4 aromatic rings. The molecule has 0 radical (unpaired) electrons. The molecule has 4 nitrogen and oxygen atoms in total. The van der Waals surface area contributed by atoms with Gasteiger partial charge in [0.25, 0.3) is 0 Å². The largest absolute Gasteiger partial charge is 0.465 e. The van der Waals surface area contributed by atoms with Crippen LogP contribution in [-0.2, 0) is 11.8 Å². The van der Waals surface area contributed by atoms with Gasteiger partial charge in [-0.2, -0.15) is 4.57 Å². The number of hydrogen-bond donors (Lipinski definition) is 1. The summed E-state index contributed by atoms with van der Waals surface area (Å²) in [5, 5.41) is 1.98. The summed E-state index contributed by atoms with van der Waals surface area (Å²) in [6, 6.07) is 15.9. The Hall–Kier alpha value is -2.15. The van der Waals surface area contributed by atoms with Gasteiger partial charge in [-0.3, -0.25) is 0 Å². The zero-order valence-electron chi connectivity index (χ0n) is 12.8. The Labute approximate surface area is 150 Å². The third-order valence-corrected chi connectivity index (χ3v) is 4.19. The number of pyridine rings is 1. The number of halogens is 1. The molecule has 116 valence electrons. The molecule has 0 unspecified atom stereocenters. The Morgan fingerprint density at radius 3 is 2.43 bits per heavy atom. The van der Waals surface area contributed by atoms with Crippen molar-refractivity contribution < 1.29 is 14.1 Å². The van der Waals surface area contributed by atoms with E-state index >= 15 is 0 Å². The minimum absolute atomic E-state index is 0. The Morgan fingerprint density at radius 1 is 1.04 bits per heavy atom. The second-order valence-electron chi connectivity index (χ2n) is 5.34. The van der Waals surface area contributed by atoms with E-state index < -0.39 is 0 Å². The summed E-state index contributed by atoms with van der Waals surface area (Å²) in [5.41, 5.74) is 4.42. The Balaban J connectivity index is 0.00000156. The summed E-state index contributed by atoms with van der Waals surface area (Å²) < 4.78 is 7.14. The lowest BCUT2D eigenvalue weighted by Crippen LogP contribution is -2.31. The van der Waals surface area contributed by atoms with Crippen LogP contribution in [0.15, 0.2) is 48.5 Å². The van der Waals surface area contributed by atoms with Crippen molar-refractivity contribution >= 4 is 62.8 Å². The molecular weight excluding hydrogens is 403 g/mol. The van der Waals surface area contributed by atoms with E-state index in [9.17, 15) is 4.79 Å². The van der Waals surface area contributed by atoms with Crippen molar-refractivity contribution in [1.29, 1.82) is 0 Å². The molecule has 0 spiro atoms. The maximum atomic E-state index is 12.4. The number of rotatable bonds is 1. The lowest BCUT2D eigenvalue weighted by atomic mass is 10.1. The first-order valence-corrected chi connectivity index (χ1v) is 7.12. The summed E-state index contributed by atoms with van der Waals surface area (Å²) in [4.78, 5) is 15.8. The van der Waals surface area contributed by atoms with Crippen molar-refractivity contribution in [3.05, 3.63) is 54.1 Å². The first-order chi connectivity index (χ1) is 10.7. The third-order valence-electron chi connectivity index (χ3n) is 4.19. The first-order valence-electron chi connectivity index (χ1n) is 7.12. The fraction of sp³-hybridized carbons (Fsp3) is 0.111. The van der Waals surface area contributed by atoms with Crippen molar-refractivity contribution in [2.24, 2.45) is 7.05 Å². The number of fused-ring (bicyclic) bond motifs is 4. The number of benzene rings is 2. The fourth-order valence-electron chi connectivity index (χ4n) is 3.20. The molecular formula is C18H16IN2O2+. The summed E-state index contributed by atoms with van der Waals surface area (Å²) in [7, 11) is 3.44. The predicted octanol–water partition coefficient (Wildman–Crippen LogP) is 3.70. The van der Waals surface area contributed by atoms with Crippen LogP contribution in [0.5, 0.6) is 0 Å². The lowest BCUT2D eigenvalue weighted by molar-refractivity contribution is -0.616. The molecule has 1 N–H and O–H groups in total. The third kappa shape index (κ3) is 2.18. The number of hydrogen-bond acceptors (Lipinski definition) is 2. The maximum absolute atomic E-state index is 12.4. The predicted molar refractivity (Wildman–Crippen MR) is 101 cm³/mol. The molecule has 5 heteroatoms. The molecule has 0 aliphatic carbocycles. The van der Waals surface area contributed by atoms with E-state index in [0.717, 1.165) is 32.8 Å². The molecule has 0 saturated carbocycles. The van der Waals surface area contributed by atoms with Crippen LogP contribution < -0.4 is 4.57 Å². The SMILES string of the molecule is COC(=O)c1c2ccccc2[n+](C)c2c1[nH]c1ccccc12.I. The number of para-hydroxylation sites is 2. The van der Waals surface area contributed by atoms with Gasteiger partial charge in [0.15, 0.2) is 0 Å². The van der Waals surface area contributed by atoms with E-state index in [4.69, 9.17) is 4.74 Å². The van der Waals surface area contributed by atoms with Gasteiger partial charge < -0.3 is 9.72 Å². The number of methoxy groups -OCH3 is 1. The smallest absolute Gasteiger partial charge is 0.341 e. The molecule has 2 heterocycles. The second-order valence-corrected chi connectivity index (χ2v) is 5.34. The van der Waals surface area contributed by atoms with Gasteiger partial charge in [0, 0.05) is 6.07 Å². The number of nitrogens with one attached hydrogen (secondary N) is 1. The standard InChI is InChI=1S/C18H14N2O2.HI/c1-20-14-10-6-4-8-12(14)15(18(21)22-2)16-17(20)11-7-3-5-9-13(11)19-16;/h3-10H,1-2H3;1H/p+1. The van der Waals surface area contributed by atoms with Crippen molar-refractivity contribution in [1.82, 2.24) is 4.98 Å². The van der Waals surface area contributed by atoms with Crippen LogP contribution in [0, 0.1) is 0 Å². The van der Waals surface area contributed by atoms with Crippen LogP contribution in [0.25, 0.3) is 32.8 Å². The molecule has 0 amide bonds. The highest BCUT2D eigenvalue weighted by atomic mass is 127. The zero-order valence-corrected chi connectivity index (χ0v) is 15.1. The van der Waals surface area contributed by atoms with Gasteiger partial charge in [-0.25, -0.2) is 4.79 Å². The number of ether oxygens (including phenoxy) is 1. The zero-order chi connectivity index (χ0) is 15.3. The molecule has 0 atom stereocenters. The van der Waals surface area contributed by atoms with Gasteiger partial charge in [0.05, 0.1) is 23.4 Å². The van der Waals surface area contributed by atoms with Crippen molar-refractivity contribution in [3.63, 3.8) is 0 Å². The van der Waals surface area contributed by atoms with Crippen LogP contribution in [-0.4, -0.2) is 18.1 Å². The second kappa shape index (κ2) is 5.81. The molecule has 2 aromatic heterocycles. The number of aryl methyl sites for hydroxylation is 1. The maximum Gasteiger partial charge on any atom is 0.341 e. The average Bonchev–Trinajstić information content (AvgIpc) is 2.94. The molecule has 0 bridgehead atoms. The Kier molecular flexibility index (Phi) is 3.97. The minimum atomic E-state index is -0.326. The average molecular weight is 419 g/mol. The number of aromatic nitrogens is 2. The fourth-order valence-corrected chi connectivity index (χ4v) is 3.20. The van der Waals surface area contributed by atoms with Gasteiger partial charge in [0.2, 0.25) is 11.0 Å². The quantitative estimate of drug-likeness (QED) is 0.291.